The van der Waals surface area contributed by atoms with E-state index in [-0.39, 0.29) is 11.9 Å². The Hall–Kier alpha value is -2.37. The first kappa shape index (κ1) is 22.3. The van der Waals surface area contributed by atoms with Gasteiger partial charge >= 0.3 is 5.97 Å². The lowest BCUT2D eigenvalue weighted by atomic mass is 9.94. The first-order valence-electron chi connectivity index (χ1n) is 10.4. The van der Waals surface area contributed by atoms with Crippen LogP contribution in [0.15, 0.2) is 36.4 Å². The fraction of sp³-hybridized carbons (Fsp3) is 0.417. The maximum Gasteiger partial charge on any atom is 0.308 e. The molecule has 0 radical (unpaired) electrons. The molecule has 0 spiro atoms. The van der Waals surface area contributed by atoms with Crippen LogP contribution in [0.1, 0.15) is 31.9 Å². The first-order valence-corrected chi connectivity index (χ1v) is 10.8. The Balaban J connectivity index is 2.24. The van der Waals surface area contributed by atoms with Gasteiger partial charge in [0, 0.05) is 24.8 Å². The minimum atomic E-state index is -0.286. The van der Waals surface area contributed by atoms with Gasteiger partial charge in [0.15, 0.2) is 0 Å². The number of aromatic nitrogens is 2. The van der Waals surface area contributed by atoms with Gasteiger partial charge in [-0.05, 0) is 44.4 Å². The molecule has 2 aromatic heterocycles. The van der Waals surface area contributed by atoms with E-state index in [0.29, 0.717) is 24.8 Å². The highest BCUT2D eigenvalue weighted by atomic mass is 35.5. The third kappa shape index (κ3) is 4.52. The van der Waals surface area contributed by atoms with Gasteiger partial charge in [0.25, 0.3) is 0 Å². The fourth-order valence-corrected chi connectivity index (χ4v) is 4.10. The Morgan fingerprint density at radius 1 is 1.20 bits per heavy atom. The summed E-state index contributed by atoms with van der Waals surface area (Å²) in [6.07, 6.45) is 1.34. The fourth-order valence-electron chi connectivity index (χ4n) is 3.95. The molecule has 160 valence electrons. The number of hydrogen-bond acceptors (Lipinski definition) is 4. The molecular weight excluding hydrogens is 400 g/mol. The van der Waals surface area contributed by atoms with Crippen LogP contribution in [0.5, 0.6) is 0 Å². The number of methoxy groups -OCH3 is 1. The largest absolute Gasteiger partial charge is 0.466 e. The van der Waals surface area contributed by atoms with Crippen molar-refractivity contribution >= 4 is 28.6 Å². The van der Waals surface area contributed by atoms with Gasteiger partial charge in [-0.2, -0.15) is 0 Å². The van der Waals surface area contributed by atoms with Crippen LogP contribution >= 0.6 is 11.6 Å². The van der Waals surface area contributed by atoms with E-state index in [0.717, 1.165) is 40.8 Å². The average molecular weight is 429 g/mol. The van der Waals surface area contributed by atoms with Crippen LogP contribution in [0, 0.1) is 5.92 Å². The summed E-state index contributed by atoms with van der Waals surface area (Å²) >= 11 is 6.26. The Bertz CT molecular complexity index is 1030. The standard InChI is InChI=1S/C24H29ClN2O3/c1-5-27-20-11-12-21(25)26-22(20)19(15-16(3)24(28)30-6-2)23(27)18-10-8-7-9-17(18)13-14-29-4/h7-12,16H,5-6,13-15H2,1-4H3. The summed E-state index contributed by atoms with van der Waals surface area (Å²) in [7, 11) is 1.71. The normalized spacial score (nSPS) is 12.3. The summed E-state index contributed by atoms with van der Waals surface area (Å²) in [4.78, 5) is 17.0. The molecular formula is C24H29ClN2O3. The lowest BCUT2D eigenvalue weighted by molar-refractivity contribution is -0.147. The number of ether oxygens (including phenoxy) is 2. The van der Waals surface area contributed by atoms with E-state index in [1.807, 2.05) is 38.1 Å². The van der Waals surface area contributed by atoms with Crippen LogP contribution < -0.4 is 0 Å². The molecule has 2 heterocycles. The Morgan fingerprint density at radius 3 is 2.67 bits per heavy atom. The number of rotatable bonds is 9. The van der Waals surface area contributed by atoms with Crippen LogP contribution in [-0.2, 0) is 33.7 Å². The van der Waals surface area contributed by atoms with Crippen LogP contribution in [0.25, 0.3) is 22.3 Å². The second kappa shape index (κ2) is 10.1. The summed E-state index contributed by atoms with van der Waals surface area (Å²) in [6.45, 7) is 7.64. The molecule has 0 N–H and O–H groups in total. The van der Waals surface area contributed by atoms with Gasteiger partial charge in [0.05, 0.1) is 35.9 Å². The molecule has 0 aliphatic heterocycles. The van der Waals surface area contributed by atoms with Gasteiger partial charge < -0.3 is 14.0 Å². The molecule has 0 aliphatic carbocycles. The monoisotopic (exact) mass is 428 g/mol. The predicted molar refractivity (Wildman–Crippen MR) is 121 cm³/mol. The maximum absolute atomic E-state index is 12.4. The highest BCUT2D eigenvalue weighted by Crippen LogP contribution is 2.37. The van der Waals surface area contributed by atoms with E-state index >= 15 is 0 Å². The highest BCUT2D eigenvalue weighted by molar-refractivity contribution is 6.29. The number of nitrogens with zero attached hydrogens (tertiary/aromatic N) is 2. The van der Waals surface area contributed by atoms with Gasteiger partial charge in [-0.3, -0.25) is 4.79 Å². The van der Waals surface area contributed by atoms with E-state index in [1.54, 1.807) is 7.11 Å². The molecule has 6 heteroatoms. The van der Waals surface area contributed by atoms with Gasteiger partial charge in [0.1, 0.15) is 5.15 Å². The number of hydrogen-bond donors (Lipinski definition) is 0. The molecule has 0 aliphatic rings. The Kier molecular flexibility index (Phi) is 7.51. The molecule has 1 aromatic carbocycles. The summed E-state index contributed by atoms with van der Waals surface area (Å²) < 4.78 is 12.8. The number of carbonyl (C=O) groups is 1. The van der Waals surface area contributed by atoms with Crippen molar-refractivity contribution in [2.75, 3.05) is 20.3 Å². The molecule has 30 heavy (non-hydrogen) atoms. The summed E-state index contributed by atoms with van der Waals surface area (Å²) in [5.41, 5.74) is 6.32. The number of esters is 1. The van der Waals surface area contributed by atoms with Crippen LogP contribution in [0.3, 0.4) is 0 Å². The lowest BCUT2D eigenvalue weighted by Crippen LogP contribution is -2.17. The highest BCUT2D eigenvalue weighted by Gasteiger charge is 2.25. The topological polar surface area (TPSA) is 53.4 Å². The number of carbonyl (C=O) groups excluding carboxylic acids is 1. The van der Waals surface area contributed by atoms with Gasteiger partial charge in [0.2, 0.25) is 0 Å². The number of fused-ring (bicyclic) bond motifs is 1. The molecule has 1 atom stereocenters. The van der Waals surface area contributed by atoms with Crippen molar-refractivity contribution in [3.63, 3.8) is 0 Å². The zero-order valence-electron chi connectivity index (χ0n) is 18.1. The van der Waals surface area contributed by atoms with Crippen molar-refractivity contribution < 1.29 is 14.3 Å². The van der Waals surface area contributed by atoms with E-state index in [4.69, 9.17) is 21.1 Å². The van der Waals surface area contributed by atoms with Gasteiger partial charge in [-0.1, -0.05) is 42.8 Å². The summed E-state index contributed by atoms with van der Waals surface area (Å²) in [6, 6.07) is 12.2. The van der Waals surface area contributed by atoms with Gasteiger partial charge in [-0.15, -0.1) is 0 Å². The minimum absolute atomic E-state index is 0.199. The van der Waals surface area contributed by atoms with E-state index in [2.05, 4.69) is 28.6 Å². The van der Waals surface area contributed by atoms with Crippen molar-refractivity contribution in [3.05, 3.63) is 52.7 Å². The van der Waals surface area contributed by atoms with E-state index in [9.17, 15) is 4.79 Å². The predicted octanol–water partition coefficient (Wildman–Crippen LogP) is 5.31. The van der Waals surface area contributed by atoms with E-state index in [1.165, 1.54) is 5.56 Å². The molecule has 0 bridgehead atoms. The van der Waals surface area contributed by atoms with Crippen molar-refractivity contribution in [2.24, 2.45) is 5.92 Å². The molecule has 0 amide bonds. The third-order valence-electron chi connectivity index (χ3n) is 5.34. The van der Waals surface area contributed by atoms with Crippen LogP contribution in [0.2, 0.25) is 5.15 Å². The third-order valence-corrected chi connectivity index (χ3v) is 5.55. The average Bonchev–Trinajstić information content (AvgIpc) is 3.04. The van der Waals surface area contributed by atoms with Gasteiger partial charge in [-0.25, -0.2) is 4.98 Å². The number of aryl methyl sites for hydroxylation is 1. The number of benzene rings is 1. The lowest BCUT2D eigenvalue weighted by Gasteiger charge is -2.16. The molecule has 0 saturated heterocycles. The molecule has 0 fully saturated rings. The minimum Gasteiger partial charge on any atom is -0.466 e. The first-order chi connectivity index (χ1) is 14.5. The number of pyridine rings is 1. The molecule has 0 saturated carbocycles. The zero-order chi connectivity index (χ0) is 21.7. The molecule has 5 nitrogen and oxygen atoms in total. The van der Waals surface area contributed by atoms with Crippen LogP contribution in [0.4, 0.5) is 0 Å². The van der Waals surface area contributed by atoms with Crippen LogP contribution in [-0.4, -0.2) is 35.8 Å². The maximum atomic E-state index is 12.4. The second-order valence-corrected chi connectivity index (χ2v) is 7.72. The quantitative estimate of drug-likeness (QED) is 0.342. The van der Waals surface area contributed by atoms with Crippen molar-refractivity contribution in [1.82, 2.24) is 9.55 Å². The second-order valence-electron chi connectivity index (χ2n) is 7.33. The van der Waals surface area contributed by atoms with Crippen molar-refractivity contribution in [2.45, 2.75) is 40.2 Å². The number of halogens is 1. The molecule has 3 rings (SSSR count). The Morgan fingerprint density at radius 2 is 1.97 bits per heavy atom. The smallest absolute Gasteiger partial charge is 0.308 e. The summed E-state index contributed by atoms with van der Waals surface area (Å²) in [5, 5.41) is 0.444. The van der Waals surface area contributed by atoms with Crippen molar-refractivity contribution in [1.29, 1.82) is 0 Å². The molecule has 1 unspecified atom stereocenters. The zero-order valence-corrected chi connectivity index (χ0v) is 18.8. The summed E-state index contributed by atoms with van der Waals surface area (Å²) in [5.74, 6) is -0.484. The SMILES string of the molecule is CCOC(=O)C(C)Cc1c(-c2ccccc2CCOC)n(CC)c2ccc(Cl)nc12. The van der Waals surface area contributed by atoms with E-state index < -0.39 is 0 Å². The Labute approximate surface area is 183 Å². The molecule has 3 aromatic rings. The van der Waals surface area contributed by atoms with Crippen molar-refractivity contribution in [3.8, 4) is 11.3 Å².